The number of fused-ring (bicyclic) bond motifs is 1. The molecule has 1 aromatic heterocycles. The summed E-state index contributed by atoms with van der Waals surface area (Å²) in [4.78, 5) is 11.1. The van der Waals surface area contributed by atoms with Crippen molar-refractivity contribution in [3.05, 3.63) is 60.7 Å². The molecule has 3 rings (SSSR count). The zero-order chi connectivity index (χ0) is 27.7. The molecule has 1 heterocycles. The fourth-order valence-corrected chi connectivity index (χ4v) is 3.83. The highest BCUT2D eigenvalue weighted by Crippen LogP contribution is 2.38. The highest BCUT2D eigenvalue weighted by atomic mass is 19.4. The molecule has 0 bridgehead atoms. The first kappa shape index (κ1) is 29.1. The summed E-state index contributed by atoms with van der Waals surface area (Å²) in [7, 11) is 0. The first-order valence-electron chi connectivity index (χ1n) is 12.3. The maximum absolute atomic E-state index is 13.1. The van der Waals surface area contributed by atoms with E-state index in [4.69, 9.17) is 13.9 Å². The molecule has 0 aliphatic heterocycles. The number of carbonyl (C=O) groups excluding carboxylic acids is 1. The number of ether oxygens (including phenoxy) is 3. The van der Waals surface area contributed by atoms with Gasteiger partial charge >= 0.3 is 12.3 Å². The van der Waals surface area contributed by atoms with Crippen molar-refractivity contribution < 1.29 is 46.8 Å². The van der Waals surface area contributed by atoms with Crippen LogP contribution in [0.25, 0.3) is 22.3 Å². The molecular formula is C28H31F3O7. The Morgan fingerprint density at radius 1 is 1.08 bits per heavy atom. The number of esters is 1. The van der Waals surface area contributed by atoms with Gasteiger partial charge in [-0.2, -0.15) is 0 Å². The first-order valence-corrected chi connectivity index (χ1v) is 12.3. The lowest BCUT2D eigenvalue weighted by atomic mass is 10.0. The number of hydrogen-bond donors (Lipinski definition) is 2. The minimum absolute atomic E-state index is 0.0893. The molecule has 206 valence electrons. The van der Waals surface area contributed by atoms with Crippen molar-refractivity contribution in [2.75, 3.05) is 13.2 Å². The van der Waals surface area contributed by atoms with Crippen LogP contribution >= 0.6 is 0 Å². The number of carbonyl (C=O) groups is 1. The summed E-state index contributed by atoms with van der Waals surface area (Å²) >= 11 is 0. The molecule has 38 heavy (non-hydrogen) atoms. The standard InChI is InChI=1S/C28H31F3O7/c1-3-5-6-7-18-8-11-23(26(12-18)38-28(29,30)31)25-13-19-9-10-22(15-24(19)37-25)35-16-20(32)14-21(33)17-36-27(34)4-2/h4,8-13,15,20-21,32-33H,2-3,5-7,14,16-17H2,1H3. The Morgan fingerprint density at radius 2 is 1.84 bits per heavy atom. The van der Waals surface area contributed by atoms with E-state index in [1.165, 1.54) is 6.07 Å². The van der Waals surface area contributed by atoms with Crippen molar-refractivity contribution in [1.82, 2.24) is 0 Å². The molecule has 2 aromatic carbocycles. The fraction of sp³-hybridized carbons (Fsp3) is 0.393. The quantitative estimate of drug-likeness (QED) is 0.149. The average molecular weight is 537 g/mol. The van der Waals surface area contributed by atoms with Crippen LogP contribution in [0.5, 0.6) is 11.5 Å². The first-order chi connectivity index (χ1) is 18.1. The van der Waals surface area contributed by atoms with E-state index in [2.05, 4.69) is 18.2 Å². The number of unbranched alkanes of at least 4 members (excludes halogenated alkanes) is 2. The number of rotatable bonds is 14. The van der Waals surface area contributed by atoms with Crippen molar-refractivity contribution in [3.8, 4) is 22.8 Å². The Bertz CT molecular complexity index is 1220. The molecule has 2 atom stereocenters. The van der Waals surface area contributed by atoms with E-state index >= 15 is 0 Å². The van der Waals surface area contributed by atoms with Crippen molar-refractivity contribution in [2.45, 2.75) is 57.6 Å². The van der Waals surface area contributed by atoms with E-state index in [-0.39, 0.29) is 36.7 Å². The van der Waals surface area contributed by atoms with Gasteiger partial charge in [0.2, 0.25) is 0 Å². The Morgan fingerprint density at radius 3 is 2.55 bits per heavy atom. The topological polar surface area (TPSA) is 98.4 Å². The van der Waals surface area contributed by atoms with Crippen LogP contribution in [0, 0.1) is 0 Å². The summed E-state index contributed by atoms with van der Waals surface area (Å²) < 4.78 is 59.8. The van der Waals surface area contributed by atoms with E-state index in [1.54, 1.807) is 36.4 Å². The van der Waals surface area contributed by atoms with Gasteiger partial charge in [0.05, 0.1) is 17.8 Å². The summed E-state index contributed by atoms with van der Waals surface area (Å²) in [6, 6.07) is 11.2. The summed E-state index contributed by atoms with van der Waals surface area (Å²) in [6.45, 7) is 4.86. The Balaban J connectivity index is 1.71. The predicted octanol–water partition coefficient (Wildman–Crippen LogP) is 5.95. The van der Waals surface area contributed by atoms with Crippen LogP contribution in [0.3, 0.4) is 0 Å². The van der Waals surface area contributed by atoms with Gasteiger partial charge in [-0.1, -0.05) is 32.4 Å². The van der Waals surface area contributed by atoms with Crippen LogP contribution in [0.1, 0.15) is 38.2 Å². The third-order valence-electron chi connectivity index (χ3n) is 5.67. The molecule has 0 aliphatic rings. The summed E-state index contributed by atoms with van der Waals surface area (Å²) in [6.07, 6.45) is -2.61. The molecule has 0 fully saturated rings. The van der Waals surface area contributed by atoms with Gasteiger partial charge in [0, 0.05) is 23.9 Å². The third-order valence-corrected chi connectivity index (χ3v) is 5.67. The highest BCUT2D eigenvalue weighted by molar-refractivity contribution is 5.85. The molecule has 3 aromatic rings. The number of halogens is 3. The van der Waals surface area contributed by atoms with Gasteiger partial charge in [0.1, 0.15) is 36.1 Å². The van der Waals surface area contributed by atoms with E-state index < -0.39 is 24.5 Å². The van der Waals surface area contributed by atoms with Crippen LogP contribution in [0.2, 0.25) is 0 Å². The molecule has 10 heteroatoms. The van der Waals surface area contributed by atoms with Crippen molar-refractivity contribution in [2.24, 2.45) is 0 Å². The largest absolute Gasteiger partial charge is 0.573 e. The number of aryl methyl sites for hydroxylation is 1. The van der Waals surface area contributed by atoms with Gasteiger partial charge in [0.15, 0.2) is 0 Å². The van der Waals surface area contributed by atoms with Gasteiger partial charge in [-0.15, -0.1) is 13.2 Å². The number of alkyl halides is 3. The van der Waals surface area contributed by atoms with Crippen molar-refractivity contribution >= 4 is 16.9 Å². The summed E-state index contributed by atoms with van der Waals surface area (Å²) in [5.41, 5.74) is 1.28. The second kappa shape index (κ2) is 13.3. The van der Waals surface area contributed by atoms with E-state index in [0.29, 0.717) is 23.1 Å². The molecule has 0 spiro atoms. The molecular weight excluding hydrogens is 505 g/mol. The lowest BCUT2D eigenvalue weighted by Crippen LogP contribution is -2.27. The fourth-order valence-electron chi connectivity index (χ4n) is 3.83. The predicted molar refractivity (Wildman–Crippen MR) is 135 cm³/mol. The Kier molecular flexibility index (Phi) is 10.2. The van der Waals surface area contributed by atoms with E-state index in [0.717, 1.165) is 30.9 Å². The molecule has 0 saturated carbocycles. The van der Waals surface area contributed by atoms with Crippen molar-refractivity contribution in [1.29, 1.82) is 0 Å². The van der Waals surface area contributed by atoms with E-state index in [1.807, 2.05) is 0 Å². The molecule has 2 N–H and O–H groups in total. The van der Waals surface area contributed by atoms with Gasteiger partial charge in [0.25, 0.3) is 0 Å². The van der Waals surface area contributed by atoms with Crippen LogP contribution in [0.15, 0.2) is 59.5 Å². The van der Waals surface area contributed by atoms with Crippen LogP contribution in [0.4, 0.5) is 13.2 Å². The molecule has 2 unspecified atom stereocenters. The molecule has 0 radical (unpaired) electrons. The summed E-state index contributed by atoms with van der Waals surface area (Å²) in [5, 5.41) is 20.6. The van der Waals surface area contributed by atoms with Crippen LogP contribution in [-0.4, -0.2) is 48.0 Å². The summed E-state index contributed by atoms with van der Waals surface area (Å²) in [5.74, 6) is -0.458. The number of aliphatic hydroxyl groups excluding tert-OH is 2. The van der Waals surface area contributed by atoms with Crippen LogP contribution in [-0.2, 0) is 16.0 Å². The van der Waals surface area contributed by atoms with Crippen LogP contribution < -0.4 is 9.47 Å². The molecule has 0 saturated heterocycles. The third kappa shape index (κ3) is 8.81. The van der Waals surface area contributed by atoms with Gasteiger partial charge in [-0.25, -0.2) is 4.79 Å². The van der Waals surface area contributed by atoms with E-state index in [9.17, 15) is 28.2 Å². The number of aliphatic hydroxyl groups is 2. The lowest BCUT2D eigenvalue weighted by molar-refractivity contribution is -0.274. The lowest BCUT2D eigenvalue weighted by Gasteiger charge is -2.16. The Hall–Kier alpha value is -3.50. The minimum Gasteiger partial charge on any atom is -0.491 e. The maximum Gasteiger partial charge on any atom is 0.573 e. The Labute approximate surface area is 218 Å². The van der Waals surface area contributed by atoms with Gasteiger partial charge in [-0.3, -0.25) is 0 Å². The second-order valence-corrected chi connectivity index (χ2v) is 8.83. The number of benzene rings is 2. The van der Waals surface area contributed by atoms with Gasteiger partial charge < -0.3 is 28.8 Å². The molecule has 0 amide bonds. The smallest absolute Gasteiger partial charge is 0.491 e. The second-order valence-electron chi connectivity index (χ2n) is 8.83. The van der Waals surface area contributed by atoms with Crippen molar-refractivity contribution in [3.63, 3.8) is 0 Å². The zero-order valence-electron chi connectivity index (χ0n) is 21.0. The number of furan rings is 1. The SMILES string of the molecule is C=CC(=O)OCC(O)CC(O)COc1ccc2cc(-c3ccc(CCCCC)cc3OC(F)(F)F)oc2c1. The molecule has 7 nitrogen and oxygen atoms in total. The monoisotopic (exact) mass is 536 g/mol. The normalized spacial score (nSPS) is 13.2. The molecule has 0 aliphatic carbocycles. The average Bonchev–Trinajstić information content (AvgIpc) is 3.28. The minimum atomic E-state index is -4.86. The highest BCUT2D eigenvalue weighted by Gasteiger charge is 2.33. The maximum atomic E-state index is 13.1. The van der Waals surface area contributed by atoms with Gasteiger partial charge in [-0.05, 0) is 48.7 Å². The zero-order valence-corrected chi connectivity index (χ0v) is 21.0. The number of hydrogen-bond acceptors (Lipinski definition) is 7.